The normalized spacial score (nSPS) is 23.9. The summed E-state index contributed by atoms with van der Waals surface area (Å²) in [4.78, 5) is 19.7. The zero-order valence-corrected chi connectivity index (χ0v) is 13.7. The third-order valence-corrected chi connectivity index (χ3v) is 5.06. The Labute approximate surface area is 140 Å². The minimum atomic E-state index is -1.02. The molecule has 23 heavy (non-hydrogen) atoms. The third kappa shape index (κ3) is 3.76. The highest BCUT2D eigenvalue weighted by molar-refractivity contribution is 6.33. The van der Waals surface area contributed by atoms with Crippen molar-refractivity contribution in [3.05, 3.63) is 22.8 Å². The molecule has 0 aliphatic carbocycles. The Kier molecular flexibility index (Phi) is 5.04. The number of anilines is 1. The Morgan fingerprint density at radius 3 is 2.61 bits per heavy atom. The van der Waals surface area contributed by atoms with Crippen LogP contribution in [0, 0.1) is 0 Å². The number of aromatic nitrogens is 1. The summed E-state index contributed by atoms with van der Waals surface area (Å²) in [7, 11) is 0. The van der Waals surface area contributed by atoms with Crippen molar-refractivity contribution in [2.45, 2.75) is 37.8 Å². The number of hydrogen-bond donors (Lipinski definition) is 2. The number of aliphatic hydroxyl groups is 1. The second kappa shape index (κ2) is 7.03. The molecule has 0 aromatic carbocycles. The van der Waals surface area contributed by atoms with Gasteiger partial charge in [0.1, 0.15) is 5.82 Å². The van der Waals surface area contributed by atoms with Gasteiger partial charge in [0.2, 0.25) is 0 Å². The van der Waals surface area contributed by atoms with E-state index in [0.717, 1.165) is 51.9 Å². The lowest BCUT2D eigenvalue weighted by Crippen LogP contribution is -2.49. The number of pyridine rings is 1. The molecule has 0 amide bonds. The van der Waals surface area contributed by atoms with Gasteiger partial charge in [0.15, 0.2) is 0 Å². The SMILES string of the molecule is O=C(O)c1cnc(N2CCC(N3CCC[C@@H](O)C3)CC2)c(Cl)c1. The molecular weight excluding hydrogens is 318 g/mol. The average molecular weight is 340 g/mol. The molecule has 7 heteroatoms. The molecule has 0 unspecified atom stereocenters. The summed E-state index contributed by atoms with van der Waals surface area (Å²) in [6.07, 6.45) is 5.14. The van der Waals surface area contributed by atoms with Crippen LogP contribution in [0.4, 0.5) is 5.82 Å². The predicted molar refractivity (Wildman–Crippen MR) is 88.3 cm³/mol. The fraction of sp³-hybridized carbons (Fsp3) is 0.625. The van der Waals surface area contributed by atoms with Crippen molar-refractivity contribution in [3.63, 3.8) is 0 Å². The Hall–Kier alpha value is -1.37. The van der Waals surface area contributed by atoms with Gasteiger partial charge in [0.05, 0.1) is 16.7 Å². The number of aliphatic hydroxyl groups excluding tert-OH is 1. The molecule has 2 saturated heterocycles. The zero-order valence-electron chi connectivity index (χ0n) is 13.0. The van der Waals surface area contributed by atoms with Crippen molar-refractivity contribution in [2.75, 3.05) is 31.1 Å². The standard InChI is InChI=1S/C16H22ClN3O3/c17-14-8-11(16(22)23)9-18-15(14)19-6-3-12(4-7-19)20-5-1-2-13(21)10-20/h8-9,12-13,21H,1-7,10H2,(H,22,23)/t13-/m1/s1. The first-order valence-corrected chi connectivity index (χ1v) is 8.48. The largest absolute Gasteiger partial charge is 0.478 e. The van der Waals surface area contributed by atoms with Crippen LogP contribution in [0.25, 0.3) is 0 Å². The van der Waals surface area contributed by atoms with Crippen LogP contribution < -0.4 is 4.90 Å². The first-order chi connectivity index (χ1) is 11.0. The molecular formula is C16H22ClN3O3. The lowest BCUT2D eigenvalue weighted by Gasteiger charge is -2.41. The highest BCUT2D eigenvalue weighted by Crippen LogP contribution is 2.28. The summed E-state index contributed by atoms with van der Waals surface area (Å²) in [5.74, 6) is -0.359. The van der Waals surface area contributed by atoms with Crippen molar-refractivity contribution in [1.29, 1.82) is 0 Å². The number of piperidine rings is 2. The van der Waals surface area contributed by atoms with Crippen LogP contribution in [0.1, 0.15) is 36.0 Å². The first kappa shape index (κ1) is 16.5. The number of likely N-dealkylation sites (tertiary alicyclic amines) is 1. The van der Waals surface area contributed by atoms with Gasteiger partial charge >= 0.3 is 5.97 Å². The zero-order chi connectivity index (χ0) is 16.4. The molecule has 2 fully saturated rings. The van der Waals surface area contributed by atoms with Gasteiger partial charge in [-0.2, -0.15) is 0 Å². The first-order valence-electron chi connectivity index (χ1n) is 8.10. The fourth-order valence-electron chi connectivity index (χ4n) is 3.54. The molecule has 0 saturated carbocycles. The molecule has 126 valence electrons. The predicted octanol–water partition coefficient (Wildman–Crippen LogP) is 1.86. The average Bonchev–Trinajstić information content (AvgIpc) is 2.55. The molecule has 0 bridgehead atoms. The number of β-amino-alcohol motifs (C(OH)–C–C–N with tert-alkyl or cyclic N) is 1. The smallest absolute Gasteiger partial charge is 0.337 e. The molecule has 1 aromatic rings. The Balaban J connectivity index is 1.61. The van der Waals surface area contributed by atoms with Crippen molar-refractivity contribution < 1.29 is 15.0 Å². The van der Waals surface area contributed by atoms with E-state index in [0.29, 0.717) is 16.9 Å². The minimum Gasteiger partial charge on any atom is -0.478 e. The molecule has 2 aliphatic heterocycles. The third-order valence-electron chi connectivity index (χ3n) is 4.78. The molecule has 2 aliphatic rings. The van der Waals surface area contributed by atoms with E-state index in [1.165, 1.54) is 12.3 Å². The molecule has 6 nitrogen and oxygen atoms in total. The van der Waals surface area contributed by atoms with Crippen LogP contribution in [0.2, 0.25) is 5.02 Å². The lowest BCUT2D eigenvalue weighted by atomic mass is 9.99. The summed E-state index contributed by atoms with van der Waals surface area (Å²) in [5.41, 5.74) is 0.107. The second-order valence-electron chi connectivity index (χ2n) is 6.34. The number of carbonyl (C=O) groups is 1. The number of rotatable bonds is 3. The molecule has 1 aromatic heterocycles. The summed E-state index contributed by atoms with van der Waals surface area (Å²) in [6, 6.07) is 1.96. The van der Waals surface area contributed by atoms with Crippen molar-refractivity contribution >= 4 is 23.4 Å². The Morgan fingerprint density at radius 1 is 1.26 bits per heavy atom. The molecule has 3 rings (SSSR count). The number of halogens is 1. The van der Waals surface area contributed by atoms with Crippen molar-refractivity contribution in [3.8, 4) is 0 Å². The lowest BCUT2D eigenvalue weighted by molar-refractivity contribution is 0.0398. The van der Waals surface area contributed by atoms with E-state index in [1.807, 2.05) is 0 Å². The van der Waals surface area contributed by atoms with Gasteiger partial charge in [-0.05, 0) is 38.3 Å². The van der Waals surface area contributed by atoms with Crippen LogP contribution >= 0.6 is 11.6 Å². The number of carboxylic acid groups (broad SMARTS) is 1. The quantitative estimate of drug-likeness (QED) is 0.875. The molecule has 2 N–H and O–H groups in total. The second-order valence-corrected chi connectivity index (χ2v) is 6.75. The van der Waals surface area contributed by atoms with E-state index in [-0.39, 0.29) is 11.7 Å². The molecule has 1 atom stereocenters. The summed E-state index contributed by atoms with van der Waals surface area (Å²) >= 11 is 6.20. The fourth-order valence-corrected chi connectivity index (χ4v) is 3.82. The number of hydrogen-bond acceptors (Lipinski definition) is 5. The summed E-state index contributed by atoms with van der Waals surface area (Å²) in [6.45, 7) is 3.53. The van der Waals surface area contributed by atoms with Crippen molar-refractivity contribution in [2.24, 2.45) is 0 Å². The van der Waals surface area contributed by atoms with E-state index >= 15 is 0 Å². The number of aromatic carboxylic acids is 1. The maximum Gasteiger partial charge on any atom is 0.337 e. The molecule has 0 spiro atoms. The summed E-state index contributed by atoms with van der Waals surface area (Å²) < 4.78 is 0. The Bertz CT molecular complexity index is 576. The van der Waals surface area contributed by atoms with Gasteiger partial charge in [-0.15, -0.1) is 0 Å². The topological polar surface area (TPSA) is 76.9 Å². The van der Waals surface area contributed by atoms with Crippen LogP contribution in [-0.2, 0) is 0 Å². The maximum atomic E-state index is 10.9. The minimum absolute atomic E-state index is 0.107. The van der Waals surface area contributed by atoms with Gasteiger partial charge in [-0.25, -0.2) is 9.78 Å². The van der Waals surface area contributed by atoms with E-state index in [4.69, 9.17) is 16.7 Å². The van der Waals surface area contributed by atoms with E-state index < -0.39 is 5.97 Å². The van der Waals surface area contributed by atoms with E-state index in [1.54, 1.807) is 0 Å². The maximum absolute atomic E-state index is 10.9. The highest BCUT2D eigenvalue weighted by atomic mass is 35.5. The molecule has 3 heterocycles. The molecule has 0 radical (unpaired) electrons. The van der Waals surface area contributed by atoms with Crippen molar-refractivity contribution in [1.82, 2.24) is 9.88 Å². The van der Waals surface area contributed by atoms with Crippen LogP contribution in [0.5, 0.6) is 0 Å². The van der Waals surface area contributed by atoms with Gasteiger partial charge < -0.3 is 15.1 Å². The monoisotopic (exact) mass is 339 g/mol. The summed E-state index contributed by atoms with van der Waals surface area (Å²) in [5, 5.41) is 19.2. The van der Waals surface area contributed by atoms with Crippen LogP contribution in [-0.4, -0.2) is 64.4 Å². The van der Waals surface area contributed by atoms with E-state index in [2.05, 4.69) is 14.8 Å². The number of nitrogens with zero attached hydrogens (tertiary/aromatic N) is 3. The van der Waals surface area contributed by atoms with Gasteiger partial charge in [-0.3, -0.25) is 4.90 Å². The van der Waals surface area contributed by atoms with Gasteiger partial charge in [-0.1, -0.05) is 11.6 Å². The van der Waals surface area contributed by atoms with Gasteiger partial charge in [0, 0.05) is 31.9 Å². The van der Waals surface area contributed by atoms with Crippen LogP contribution in [0.3, 0.4) is 0 Å². The van der Waals surface area contributed by atoms with Gasteiger partial charge in [0.25, 0.3) is 0 Å². The van der Waals surface area contributed by atoms with E-state index in [9.17, 15) is 9.90 Å². The number of carboxylic acids is 1. The Morgan fingerprint density at radius 2 is 2.00 bits per heavy atom. The van der Waals surface area contributed by atoms with Crippen LogP contribution in [0.15, 0.2) is 12.3 Å². The highest BCUT2D eigenvalue weighted by Gasteiger charge is 2.29.